The van der Waals surface area contributed by atoms with Crippen LogP contribution in [0.25, 0.3) is 28.0 Å². The molecular weight excluding hydrogens is 680 g/mol. The molecule has 0 unspecified atom stereocenters. The molecule has 0 spiro atoms. The number of carbonyl (C=O) groups is 1. The van der Waals surface area contributed by atoms with Crippen LogP contribution < -0.4 is 10.6 Å². The Hall–Kier alpha value is -4.41. The zero-order valence-electron chi connectivity index (χ0n) is 25.5. The van der Waals surface area contributed by atoms with Crippen molar-refractivity contribution in [2.24, 2.45) is 0 Å². The van der Waals surface area contributed by atoms with E-state index in [0.29, 0.717) is 6.07 Å². The third-order valence-corrected chi connectivity index (χ3v) is 10.7. The summed E-state index contributed by atoms with van der Waals surface area (Å²) in [7, 11) is -4.19. The molecule has 1 atom stereocenters. The van der Waals surface area contributed by atoms with Crippen LogP contribution >= 0.6 is 11.6 Å². The maximum atomic E-state index is 15.3. The molecule has 3 aromatic heterocycles. The minimum absolute atomic E-state index is 0.0355. The normalized spacial score (nSPS) is 17.4. The standard InChI is InChI=1S/C31H27ClF4N6O5S/c1-4-23(43)40-10-11-41(17(3)13-40)27-19-12-21(32)25(24-20(31(34,35)36)6-5-7-22(24)33)38-28(19)42(30(44)39-27)26-16(2)8-9-37-29(26)48(45,46)18-14-47-15-18/h4-9,12,17-18H,1,10-11,13-15H2,2-3H3/t17-/m0/s1. The number of piperazine rings is 1. The first-order valence-electron chi connectivity index (χ1n) is 14.6. The van der Waals surface area contributed by atoms with Crippen molar-refractivity contribution >= 4 is 44.2 Å². The molecule has 0 radical (unpaired) electrons. The summed E-state index contributed by atoms with van der Waals surface area (Å²) < 4.78 is 91.0. The van der Waals surface area contributed by atoms with E-state index in [1.165, 1.54) is 31.3 Å². The molecule has 4 aromatic rings. The minimum atomic E-state index is -5.01. The van der Waals surface area contributed by atoms with E-state index in [9.17, 15) is 31.2 Å². The van der Waals surface area contributed by atoms with E-state index in [-0.39, 0.29) is 71.9 Å². The van der Waals surface area contributed by atoms with Crippen molar-refractivity contribution in [1.82, 2.24) is 24.4 Å². The maximum Gasteiger partial charge on any atom is 0.417 e. The van der Waals surface area contributed by atoms with Crippen molar-refractivity contribution in [1.29, 1.82) is 0 Å². The number of pyridine rings is 2. The van der Waals surface area contributed by atoms with E-state index < -0.39 is 60.7 Å². The second-order valence-electron chi connectivity index (χ2n) is 11.4. The van der Waals surface area contributed by atoms with Crippen molar-refractivity contribution in [3.05, 3.63) is 81.6 Å². The van der Waals surface area contributed by atoms with Gasteiger partial charge in [0.25, 0.3) is 0 Å². The highest BCUT2D eigenvalue weighted by molar-refractivity contribution is 7.92. The fourth-order valence-electron chi connectivity index (χ4n) is 5.86. The van der Waals surface area contributed by atoms with E-state index in [1.54, 1.807) is 16.7 Å². The lowest BCUT2D eigenvalue weighted by Gasteiger charge is -2.40. The molecule has 1 amide bonds. The van der Waals surface area contributed by atoms with Gasteiger partial charge in [-0.15, -0.1) is 0 Å². The van der Waals surface area contributed by atoms with Crippen LogP contribution in [0, 0.1) is 12.7 Å². The highest BCUT2D eigenvalue weighted by Crippen LogP contribution is 2.42. The summed E-state index contributed by atoms with van der Waals surface area (Å²) >= 11 is 6.59. The Morgan fingerprint density at radius 3 is 2.52 bits per heavy atom. The maximum absolute atomic E-state index is 15.3. The number of ether oxygens (including phenoxy) is 1. The van der Waals surface area contributed by atoms with Gasteiger partial charge in [0, 0.05) is 37.4 Å². The average molecular weight is 707 g/mol. The molecule has 2 aliphatic heterocycles. The number of hydrogen-bond donors (Lipinski definition) is 0. The molecular formula is C31H27ClF4N6O5S. The Morgan fingerprint density at radius 1 is 1.17 bits per heavy atom. The molecule has 11 nitrogen and oxygen atoms in total. The van der Waals surface area contributed by atoms with Crippen LogP contribution in [0.1, 0.15) is 18.1 Å². The highest BCUT2D eigenvalue weighted by Gasteiger charge is 2.39. The van der Waals surface area contributed by atoms with Crippen molar-refractivity contribution < 1.29 is 35.5 Å². The Balaban J connectivity index is 1.68. The molecule has 0 bridgehead atoms. The summed E-state index contributed by atoms with van der Waals surface area (Å²) in [5.41, 5.74) is -4.28. The quantitative estimate of drug-likeness (QED) is 0.212. The summed E-state index contributed by atoms with van der Waals surface area (Å²) in [6.07, 6.45) is -2.58. The largest absolute Gasteiger partial charge is 0.417 e. The number of fused-ring (bicyclic) bond motifs is 1. The van der Waals surface area contributed by atoms with Crippen LogP contribution in [-0.4, -0.2) is 82.9 Å². The number of hydrogen-bond acceptors (Lipinski definition) is 9. The zero-order chi connectivity index (χ0) is 34.7. The first-order valence-corrected chi connectivity index (χ1v) is 16.5. The molecule has 0 saturated carbocycles. The molecule has 48 heavy (non-hydrogen) atoms. The monoisotopic (exact) mass is 706 g/mol. The molecule has 0 aliphatic carbocycles. The molecule has 5 heterocycles. The van der Waals surface area contributed by atoms with Gasteiger partial charge >= 0.3 is 11.9 Å². The van der Waals surface area contributed by atoms with Crippen molar-refractivity contribution in [2.75, 3.05) is 37.7 Å². The number of sulfone groups is 1. The third kappa shape index (κ3) is 5.60. The molecule has 2 aliphatic rings. The van der Waals surface area contributed by atoms with Crippen LogP contribution in [-0.2, 0) is 25.5 Å². The smallest absolute Gasteiger partial charge is 0.379 e. The predicted molar refractivity (Wildman–Crippen MR) is 168 cm³/mol. The van der Waals surface area contributed by atoms with Gasteiger partial charge < -0.3 is 14.5 Å². The summed E-state index contributed by atoms with van der Waals surface area (Å²) in [4.78, 5) is 42.5. The van der Waals surface area contributed by atoms with E-state index in [4.69, 9.17) is 16.3 Å². The number of aromatic nitrogens is 4. The number of carbonyl (C=O) groups excluding carboxylic acids is 1. The van der Waals surface area contributed by atoms with Crippen LogP contribution in [0.2, 0.25) is 5.02 Å². The molecule has 2 fully saturated rings. The topological polar surface area (TPSA) is 128 Å². The highest BCUT2D eigenvalue weighted by atomic mass is 35.5. The molecule has 17 heteroatoms. The fourth-order valence-corrected chi connectivity index (χ4v) is 7.70. The average Bonchev–Trinajstić information content (AvgIpc) is 2.99. The number of rotatable bonds is 6. The van der Waals surface area contributed by atoms with E-state index in [2.05, 4.69) is 21.5 Å². The van der Waals surface area contributed by atoms with Crippen LogP contribution in [0.3, 0.4) is 0 Å². The van der Waals surface area contributed by atoms with Gasteiger partial charge in [-0.25, -0.2) is 32.1 Å². The van der Waals surface area contributed by atoms with Gasteiger partial charge in [0.2, 0.25) is 15.7 Å². The molecule has 2 saturated heterocycles. The first-order chi connectivity index (χ1) is 22.6. The van der Waals surface area contributed by atoms with Gasteiger partial charge in [-0.05, 0) is 49.8 Å². The summed E-state index contributed by atoms with van der Waals surface area (Å²) in [5.74, 6) is -1.54. The molecule has 1 aromatic carbocycles. The Labute approximate surface area is 276 Å². The summed E-state index contributed by atoms with van der Waals surface area (Å²) in [6, 6.07) is 4.63. The third-order valence-electron chi connectivity index (χ3n) is 8.37. The SMILES string of the molecule is C=CC(=O)N1CCN(c2nc(=O)n(-c3c(C)ccnc3S(=O)(=O)C3COC3)c3nc(-c4c(F)cccc4C(F)(F)F)c(Cl)cc23)[C@@H](C)C1. The van der Waals surface area contributed by atoms with Crippen molar-refractivity contribution in [3.63, 3.8) is 0 Å². The molecule has 6 rings (SSSR count). The number of halogens is 5. The van der Waals surface area contributed by atoms with Gasteiger partial charge in [0.15, 0.2) is 10.7 Å². The summed E-state index contributed by atoms with van der Waals surface area (Å²) in [5, 5.41) is -1.77. The van der Waals surface area contributed by atoms with Crippen molar-refractivity contribution in [2.45, 2.75) is 36.3 Å². The number of alkyl halides is 3. The Morgan fingerprint density at radius 2 is 1.90 bits per heavy atom. The van der Waals surface area contributed by atoms with Gasteiger partial charge in [0.1, 0.15) is 16.9 Å². The van der Waals surface area contributed by atoms with Crippen LogP contribution in [0.15, 0.2) is 59.0 Å². The van der Waals surface area contributed by atoms with Crippen LogP contribution in [0.4, 0.5) is 23.4 Å². The van der Waals surface area contributed by atoms with E-state index >= 15 is 4.39 Å². The van der Waals surface area contributed by atoms with Gasteiger partial charge in [-0.2, -0.15) is 18.2 Å². The van der Waals surface area contributed by atoms with E-state index in [0.717, 1.165) is 16.7 Å². The summed E-state index contributed by atoms with van der Waals surface area (Å²) in [6.45, 7) is 7.23. The fraction of sp³-hybridized carbons (Fsp3) is 0.323. The van der Waals surface area contributed by atoms with Gasteiger partial charge in [0.05, 0.1) is 40.6 Å². The minimum Gasteiger partial charge on any atom is -0.379 e. The second kappa shape index (κ2) is 12.2. The van der Waals surface area contributed by atoms with E-state index in [1.807, 2.05) is 0 Å². The van der Waals surface area contributed by atoms with Gasteiger partial charge in [-0.1, -0.05) is 24.2 Å². The molecule has 0 N–H and O–H groups in total. The zero-order valence-corrected chi connectivity index (χ0v) is 27.0. The number of benzene rings is 1. The molecule has 252 valence electrons. The number of aryl methyl sites for hydroxylation is 1. The number of amides is 1. The lowest BCUT2D eigenvalue weighted by Crippen LogP contribution is -2.54. The lowest BCUT2D eigenvalue weighted by atomic mass is 10.0. The van der Waals surface area contributed by atoms with Crippen LogP contribution in [0.5, 0.6) is 0 Å². The number of nitrogens with zero attached hydrogens (tertiary/aromatic N) is 6. The Kier molecular flexibility index (Phi) is 8.54. The van der Waals surface area contributed by atoms with Gasteiger partial charge in [-0.3, -0.25) is 4.79 Å². The first kappa shape index (κ1) is 33.5. The predicted octanol–water partition coefficient (Wildman–Crippen LogP) is 4.36. The lowest BCUT2D eigenvalue weighted by molar-refractivity contribution is -0.137. The second-order valence-corrected chi connectivity index (χ2v) is 14.0. The Bertz CT molecular complexity index is 2160. The van der Waals surface area contributed by atoms with Crippen molar-refractivity contribution in [3.8, 4) is 16.9 Å². The number of anilines is 1.